The Morgan fingerprint density at radius 3 is 2.17 bits per heavy atom. The first kappa shape index (κ1) is 9.84. The van der Waals surface area contributed by atoms with Gasteiger partial charge in [0.25, 0.3) is 0 Å². The predicted octanol–water partition coefficient (Wildman–Crippen LogP) is 2.90. The molecule has 1 rings (SSSR count). The Labute approximate surface area is 69.9 Å². The molecule has 0 aromatic rings. The average Bonchev–Trinajstić information content (AvgIpc) is 2.57. The molecule has 0 aliphatic carbocycles. The van der Waals surface area contributed by atoms with Crippen LogP contribution < -0.4 is 0 Å². The number of alkyl halides is 3. The Morgan fingerprint density at radius 2 is 1.92 bits per heavy atom. The lowest BCUT2D eigenvalue weighted by atomic mass is 9.98. The van der Waals surface area contributed by atoms with E-state index in [-0.39, 0.29) is 6.42 Å². The van der Waals surface area contributed by atoms with Crippen LogP contribution in [-0.4, -0.2) is 17.9 Å². The quantitative estimate of drug-likeness (QED) is 0.611. The highest BCUT2D eigenvalue weighted by Crippen LogP contribution is 2.52. The monoisotopic (exact) mass is 182 g/mol. The van der Waals surface area contributed by atoms with Crippen molar-refractivity contribution in [3.63, 3.8) is 0 Å². The van der Waals surface area contributed by atoms with Crippen LogP contribution in [0.15, 0.2) is 0 Å². The Kier molecular flexibility index (Phi) is 2.38. The van der Waals surface area contributed by atoms with Crippen molar-refractivity contribution in [1.29, 1.82) is 0 Å². The molecule has 12 heavy (non-hydrogen) atoms. The van der Waals surface area contributed by atoms with E-state index in [2.05, 4.69) is 4.74 Å². The van der Waals surface area contributed by atoms with Gasteiger partial charge in [-0.25, -0.2) is 0 Å². The number of unbranched alkanes of at least 4 members (excludes halogenated alkanes) is 1. The first-order chi connectivity index (χ1) is 5.44. The number of ether oxygens (including phenoxy) is 1. The highest BCUT2D eigenvalue weighted by Gasteiger charge is 2.70. The zero-order chi connectivity index (χ0) is 9.41. The van der Waals surface area contributed by atoms with Gasteiger partial charge in [0.2, 0.25) is 0 Å². The van der Waals surface area contributed by atoms with Crippen LogP contribution >= 0.6 is 0 Å². The minimum Gasteiger partial charge on any atom is -0.356 e. The molecule has 1 saturated heterocycles. The van der Waals surface area contributed by atoms with Gasteiger partial charge in [-0.3, -0.25) is 0 Å². The lowest BCUT2D eigenvalue weighted by Crippen LogP contribution is -2.34. The van der Waals surface area contributed by atoms with Crippen LogP contribution in [0.3, 0.4) is 0 Å². The van der Waals surface area contributed by atoms with Crippen LogP contribution in [0.2, 0.25) is 0 Å². The Bertz CT molecular complexity index is 166. The lowest BCUT2D eigenvalue weighted by Gasteiger charge is -2.15. The molecular formula is C8H13F3O. The normalized spacial score (nSPS) is 35.2. The van der Waals surface area contributed by atoms with Gasteiger partial charge < -0.3 is 4.74 Å². The molecule has 0 spiro atoms. The zero-order valence-corrected chi connectivity index (χ0v) is 7.24. The molecule has 0 N–H and O–H groups in total. The molecule has 1 nitrogen and oxygen atoms in total. The topological polar surface area (TPSA) is 12.5 Å². The van der Waals surface area contributed by atoms with Gasteiger partial charge in [0.05, 0.1) is 6.10 Å². The summed E-state index contributed by atoms with van der Waals surface area (Å²) in [5.74, 6) is 0. The van der Waals surface area contributed by atoms with Crippen molar-refractivity contribution in [2.24, 2.45) is 0 Å². The summed E-state index contributed by atoms with van der Waals surface area (Å²) in [5.41, 5.74) is -1.80. The zero-order valence-electron chi connectivity index (χ0n) is 7.24. The van der Waals surface area contributed by atoms with Crippen LogP contribution in [0, 0.1) is 0 Å². The summed E-state index contributed by atoms with van der Waals surface area (Å²) in [5, 5.41) is 0. The van der Waals surface area contributed by atoms with Gasteiger partial charge in [-0.05, 0) is 13.3 Å². The van der Waals surface area contributed by atoms with Crippen LogP contribution in [-0.2, 0) is 4.74 Å². The average molecular weight is 182 g/mol. The maximum Gasteiger partial charge on any atom is 0.420 e. The largest absolute Gasteiger partial charge is 0.420 e. The van der Waals surface area contributed by atoms with Gasteiger partial charge in [0, 0.05) is 0 Å². The molecule has 4 heteroatoms. The SMILES string of the molecule is CCCCC1(C(F)(F)F)OC1C. The Hall–Kier alpha value is -0.250. The summed E-state index contributed by atoms with van der Waals surface area (Å²) in [7, 11) is 0. The fourth-order valence-electron chi connectivity index (χ4n) is 1.42. The molecule has 1 aliphatic rings. The summed E-state index contributed by atoms with van der Waals surface area (Å²) in [6, 6.07) is 0. The van der Waals surface area contributed by atoms with E-state index in [4.69, 9.17) is 0 Å². The van der Waals surface area contributed by atoms with Crippen LogP contribution in [0.4, 0.5) is 13.2 Å². The van der Waals surface area contributed by atoms with E-state index in [1.807, 2.05) is 6.92 Å². The maximum atomic E-state index is 12.3. The molecule has 1 fully saturated rings. The van der Waals surface area contributed by atoms with Crippen molar-refractivity contribution in [2.45, 2.75) is 51.0 Å². The van der Waals surface area contributed by atoms with Crippen LogP contribution in [0.25, 0.3) is 0 Å². The van der Waals surface area contributed by atoms with E-state index >= 15 is 0 Å². The Balaban J connectivity index is 2.54. The van der Waals surface area contributed by atoms with Crippen molar-refractivity contribution in [3.8, 4) is 0 Å². The van der Waals surface area contributed by atoms with Gasteiger partial charge in [0.15, 0.2) is 5.60 Å². The van der Waals surface area contributed by atoms with E-state index in [0.717, 1.165) is 6.42 Å². The number of hydrogen-bond donors (Lipinski definition) is 0. The summed E-state index contributed by atoms with van der Waals surface area (Å²) in [6.45, 7) is 3.35. The number of halogens is 3. The predicted molar refractivity (Wildman–Crippen MR) is 38.9 cm³/mol. The standard InChI is InChI=1S/C8H13F3O/c1-3-4-5-7(6(2)12-7)8(9,10)11/h6H,3-5H2,1-2H3. The van der Waals surface area contributed by atoms with Crippen molar-refractivity contribution >= 4 is 0 Å². The summed E-state index contributed by atoms with van der Waals surface area (Å²) in [4.78, 5) is 0. The molecule has 0 bridgehead atoms. The second kappa shape index (κ2) is 2.91. The van der Waals surface area contributed by atoms with Crippen molar-refractivity contribution in [2.75, 3.05) is 0 Å². The Morgan fingerprint density at radius 1 is 1.42 bits per heavy atom. The van der Waals surface area contributed by atoms with E-state index in [1.54, 1.807) is 0 Å². The van der Waals surface area contributed by atoms with Gasteiger partial charge in [-0.2, -0.15) is 13.2 Å². The molecule has 1 heterocycles. The molecule has 0 saturated carbocycles. The first-order valence-corrected chi connectivity index (χ1v) is 4.18. The summed E-state index contributed by atoms with van der Waals surface area (Å²) in [6.07, 6.45) is -3.39. The molecule has 0 aromatic heterocycles. The van der Waals surface area contributed by atoms with Gasteiger partial charge in [0.1, 0.15) is 0 Å². The van der Waals surface area contributed by atoms with Crippen molar-refractivity contribution < 1.29 is 17.9 Å². The van der Waals surface area contributed by atoms with Gasteiger partial charge in [-0.1, -0.05) is 19.8 Å². The van der Waals surface area contributed by atoms with E-state index in [0.29, 0.717) is 6.42 Å². The van der Waals surface area contributed by atoms with Crippen molar-refractivity contribution in [1.82, 2.24) is 0 Å². The first-order valence-electron chi connectivity index (χ1n) is 4.18. The minimum absolute atomic E-state index is 0.105. The second-order valence-electron chi connectivity index (χ2n) is 3.25. The molecular weight excluding hydrogens is 169 g/mol. The molecule has 72 valence electrons. The van der Waals surface area contributed by atoms with Gasteiger partial charge >= 0.3 is 6.18 Å². The fourth-order valence-corrected chi connectivity index (χ4v) is 1.42. The number of epoxide rings is 1. The molecule has 0 radical (unpaired) electrons. The highest BCUT2D eigenvalue weighted by atomic mass is 19.4. The molecule has 0 aromatic carbocycles. The van der Waals surface area contributed by atoms with Gasteiger partial charge in [-0.15, -0.1) is 0 Å². The third kappa shape index (κ3) is 1.44. The van der Waals surface area contributed by atoms with Crippen molar-refractivity contribution in [3.05, 3.63) is 0 Å². The van der Waals surface area contributed by atoms with E-state index in [9.17, 15) is 13.2 Å². The van der Waals surface area contributed by atoms with E-state index in [1.165, 1.54) is 6.92 Å². The van der Waals surface area contributed by atoms with Crippen LogP contribution in [0.5, 0.6) is 0 Å². The fraction of sp³-hybridized carbons (Fsp3) is 1.00. The second-order valence-corrected chi connectivity index (χ2v) is 3.25. The lowest BCUT2D eigenvalue weighted by molar-refractivity contribution is -0.186. The number of hydrogen-bond acceptors (Lipinski definition) is 1. The van der Waals surface area contributed by atoms with Crippen LogP contribution in [0.1, 0.15) is 33.1 Å². The third-order valence-electron chi connectivity index (χ3n) is 2.37. The molecule has 2 atom stereocenters. The highest BCUT2D eigenvalue weighted by molar-refractivity contribution is 5.05. The summed E-state index contributed by atoms with van der Waals surface area (Å²) < 4.78 is 41.7. The molecule has 2 unspecified atom stereocenters. The minimum atomic E-state index is -4.19. The maximum absolute atomic E-state index is 12.3. The third-order valence-corrected chi connectivity index (χ3v) is 2.37. The summed E-state index contributed by atoms with van der Waals surface area (Å²) >= 11 is 0. The molecule has 1 aliphatic heterocycles. The smallest absolute Gasteiger partial charge is 0.356 e. The van der Waals surface area contributed by atoms with E-state index < -0.39 is 17.9 Å². The number of rotatable bonds is 3. The molecule has 0 amide bonds.